The Labute approximate surface area is 91.9 Å². The van der Waals surface area contributed by atoms with Gasteiger partial charge in [-0.05, 0) is 43.9 Å². The lowest BCUT2D eigenvalue weighted by Gasteiger charge is -2.17. The maximum absolute atomic E-state index is 8.95. The van der Waals surface area contributed by atoms with E-state index in [9.17, 15) is 0 Å². The van der Waals surface area contributed by atoms with Crippen LogP contribution in [-0.4, -0.2) is 17.8 Å². The van der Waals surface area contributed by atoms with Gasteiger partial charge in [0, 0.05) is 0 Å². The van der Waals surface area contributed by atoms with E-state index in [2.05, 4.69) is 19.1 Å². The maximum Gasteiger partial charge on any atom is 0.125 e. The molecule has 0 aliphatic heterocycles. The van der Waals surface area contributed by atoms with Gasteiger partial charge in [0.15, 0.2) is 0 Å². The molecule has 0 heterocycles. The van der Waals surface area contributed by atoms with Crippen LogP contribution in [0.2, 0.25) is 0 Å². The molecule has 0 aliphatic carbocycles. The van der Waals surface area contributed by atoms with Crippen molar-refractivity contribution in [2.24, 2.45) is 0 Å². The monoisotopic (exact) mass is 208 g/mol. The number of aryl methyl sites for hydroxylation is 3. The van der Waals surface area contributed by atoms with Gasteiger partial charge in [-0.3, -0.25) is 0 Å². The molecule has 0 aromatic heterocycles. The van der Waals surface area contributed by atoms with E-state index in [0.29, 0.717) is 0 Å². The van der Waals surface area contributed by atoms with Crippen molar-refractivity contribution in [3.63, 3.8) is 0 Å². The highest BCUT2D eigenvalue weighted by molar-refractivity contribution is 5.43. The molecule has 0 aliphatic rings. The van der Waals surface area contributed by atoms with E-state index in [1.165, 1.54) is 5.56 Å². The first-order valence-corrected chi connectivity index (χ1v) is 5.46. The molecule has 15 heavy (non-hydrogen) atoms. The second-order valence-electron chi connectivity index (χ2n) is 4.02. The predicted molar refractivity (Wildman–Crippen MR) is 62.5 cm³/mol. The van der Waals surface area contributed by atoms with E-state index in [-0.39, 0.29) is 12.7 Å². The van der Waals surface area contributed by atoms with E-state index < -0.39 is 0 Å². The molecule has 1 atom stereocenters. The van der Waals surface area contributed by atoms with Gasteiger partial charge in [-0.1, -0.05) is 19.1 Å². The Morgan fingerprint density at radius 2 is 1.80 bits per heavy atom. The summed E-state index contributed by atoms with van der Waals surface area (Å²) in [6.07, 6.45) is 0.896. The summed E-state index contributed by atoms with van der Waals surface area (Å²) in [5.41, 5.74) is 3.62. The van der Waals surface area contributed by atoms with E-state index in [1.807, 2.05) is 20.8 Å². The number of benzene rings is 1. The number of ether oxygens (including phenoxy) is 1. The normalized spacial score (nSPS) is 12.6. The zero-order chi connectivity index (χ0) is 11.4. The van der Waals surface area contributed by atoms with Crippen LogP contribution in [-0.2, 0) is 6.42 Å². The second-order valence-corrected chi connectivity index (χ2v) is 4.02. The molecular weight excluding hydrogens is 188 g/mol. The second kappa shape index (κ2) is 5.17. The lowest BCUT2D eigenvalue weighted by molar-refractivity contribution is 0.128. The number of hydrogen-bond acceptors (Lipinski definition) is 2. The van der Waals surface area contributed by atoms with Gasteiger partial charge in [0.1, 0.15) is 11.9 Å². The molecule has 0 bridgehead atoms. The largest absolute Gasteiger partial charge is 0.488 e. The highest BCUT2D eigenvalue weighted by atomic mass is 16.5. The van der Waals surface area contributed by atoms with Crippen molar-refractivity contribution in [1.29, 1.82) is 0 Å². The number of rotatable bonds is 4. The Morgan fingerprint density at radius 1 is 1.27 bits per heavy atom. The molecule has 1 rings (SSSR count). The predicted octanol–water partition coefficient (Wildman–Crippen LogP) is 2.63. The van der Waals surface area contributed by atoms with Crippen LogP contribution in [0.3, 0.4) is 0 Å². The number of hydrogen-bond donors (Lipinski definition) is 1. The first kappa shape index (κ1) is 12.1. The zero-order valence-corrected chi connectivity index (χ0v) is 10.0. The van der Waals surface area contributed by atoms with Gasteiger partial charge in [-0.2, -0.15) is 0 Å². The van der Waals surface area contributed by atoms with Gasteiger partial charge < -0.3 is 9.84 Å². The average Bonchev–Trinajstić information content (AvgIpc) is 2.22. The fraction of sp³-hybridized carbons (Fsp3) is 0.538. The van der Waals surface area contributed by atoms with Crippen LogP contribution in [0.25, 0.3) is 0 Å². The SMILES string of the molecule is CCc1cc(C)c(OC(C)CO)c(C)c1. The molecule has 1 aromatic carbocycles. The Balaban J connectivity index is 2.98. The van der Waals surface area contributed by atoms with E-state index in [1.54, 1.807) is 0 Å². The molecule has 0 radical (unpaired) electrons. The quantitative estimate of drug-likeness (QED) is 0.824. The lowest BCUT2D eigenvalue weighted by atomic mass is 10.0. The summed E-state index contributed by atoms with van der Waals surface area (Å²) in [6.45, 7) is 8.16. The van der Waals surface area contributed by atoms with Crippen molar-refractivity contribution in [2.75, 3.05) is 6.61 Å². The molecule has 1 N–H and O–H groups in total. The molecule has 1 aromatic rings. The standard InChI is InChI=1S/C13H20O2/c1-5-12-6-9(2)13(10(3)7-12)15-11(4)8-14/h6-7,11,14H,5,8H2,1-4H3. The molecule has 1 unspecified atom stereocenters. The summed E-state index contributed by atoms with van der Waals surface area (Å²) in [7, 11) is 0. The van der Waals surface area contributed by atoms with Crippen LogP contribution < -0.4 is 4.74 Å². The third-order valence-corrected chi connectivity index (χ3v) is 2.50. The highest BCUT2D eigenvalue weighted by Gasteiger charge is 2.09. The minimum Gasteiger partial charge on any atom is -0.488 e. The van der Waals surface area contributed by atoms with Gasteiger partial charge in [0.05, 0.1) is 6.61 Å². The summed E-state index contributed by atoms with van der Waals surface area (Å²) in [5, 5.41) is 8.95. The van der Waals surface area contributed by atoms with Gasteiger partial charge >= 0.3 is 0 Å². The maximum atomic E-state index is 8.95. The minimum absolute atomic E-state index is 0.0500. The van der Waals surface area contributed by atoms with Crippen LogP contribution in [0.5, 0.6) is 5.75 Å². The van der Waals surface area contributed by atoms with Crippen LogP contribution in [0.4, 0.5) is 0 Å². The zero-order valence-electron chi connectivity index (χ0n) is 10.0. The summed E-state index contributed by atoms with van der Waals surface area (Å²) < 4.78 is 5.67. The van der Waals surface area contributed by atoms with Crippen molar-refractivity contribution < 1.29 is 9.84 Å². The summed E-state index contributed by atoms with van der Waals surface area (Å²) >= 11 is 0. The summed E-state index contributed by atoms with van der Waals surface area (Å²) in [5.74, 6) is 0.911. The molecule has 0 amide bonds. The van der Waals surface area contributed by atoms with Gasteiger partial charge in [-0.25, -0.2) is 0 Å². The third kappa shape index (κ3) is 2.96. The van der Waals surface area contributed by atoms with Crippen molar-refractivity contribution in [1.82, 2.24) is 0 Å². The van der Waals surface area contributed by atoms with Crippen LogP contribution in [0, 0.1) is 13.8 Å². The third-order valence-electron chi connectivity index (χ3n) is 2.50. The molecule has 2 nitrogen and oxygen atoms in total. The van der Waals surface area contributed by atoms with Crippen molar-refractivity contribution in [2.45, 2.75) is 40.2 Å². The topological polar surface area (TPSA) is 29.5 Å². The van der Waals surface area contributed by atoms with Gasteiger partial charge in [0.2, 0.25) is 0 Å². The van der Waals surface area contributed by atoms with Gasteiger partial charge in [0.25, 0.3) is 0 Å². The summed E-state index contributed by atoms with van der Waals surface area (Å²) in [4.78, 5) is 0. The Morgan fingerprint density at radius 3 is 2.20 bits per heavy atom. The molecule has 0 saturated carbocycles. The van der Waals surface area contributed by atoms with Gasteiger partial charge in [-0.15, -0.1) is 0 Å². The van der Waals surface area contributed by atoms with Crippen LogP contribution in [0.1, 0.15) is 30.5 Å². The first-order valence-electron chi connectivity index (χ1n) is 5.46. The molecule has 2 heteroatoms. The Kier molecular flexibility index (Phi) is 4.15. The number of aliphatic hydroxyl groups excluding tert-OH is 1. The highest BCUT2D eigenvalue weighted by Crippen LogP contribution is 2.25. The number of aliphatic hydroxyl groups is 1. The van der Waals surface area contributed by atoms with E-state index in [4.69, 9.17) is 9.84 Å². The Hall–Kier alpha value is -1.02. The lowest BCUT2D eigenvalue weighted by Crippen LogP contribution is -2.17. The van der Waals surface area contributed by atoms with Crippen molar-refractivity contribution in [3.8, 4) is 5.75 Å². The summed E-state index contributed by atoms with van der Waals surface area (Å²) in [6, 6.07) is 4.29. The van der Waals surface area contributed by atoms with E-state index in [0.717, 1.165) is 23.3 Å². The molecule has 0 fully saturated rings. The van der Waals surface area contributed by atoms with Crippen molar-refractivity contribution in [3.05, 3.63) is 28.8 Å². The molecule has 0 saturated heterocycles. The van der Waals surface area contributed by atoms with Crippen LogP contribution >= 0.6 is 0 Å². The molecule has 0 spiro atoms. The Bertz CT molecular complexity index is 308. The molecular formula is C13H20O2. The van der Waals surface area contributed by atoms with Crippen LogP contribution in [0.15, 0.2) is 12.1 Å². The van der Waals surface area contributed by atoms with E-state index >= 15 is 0 Å². The first-order chi connectivity index (χ1) is 7.08. The molecule has 84 valence electrons. The fourth-order valence-corrected chi connectivity index (χ4v) is 1.67. The minimum atomic E-state index is -0.144. The fourth-order valence-electron chi connectivity index (χ4n) is 1.67. The smallest absolute Gasteiger partial charge is 0.125 e. The average molecular weight is 208 g/mol. The van der Waals surface area contributed by atoms with Crippen molar-refractivity contribution >= 4 is 0 Å².